The third-order valence-corrected chi connectivity index (χ3v) is 3.32. The zero-order chi connectivity index (χ0) is 14.6. The first kappa shape index (κ1) is 15.7. The molecule has 19 heavy (non-hydrogen) atoms. The smallest absolute Gasteiger partial charge is 0.330 e. The molecule has 0 saturated heterocycles. The number of hydrogen-bond acceptors (Lipinski definition) is 4. The summed E-state index contributed by atoms with van der Waals surface area (Å²) < 4.78 is 7.30. The second-order valence-corrected chi connectivity index (χ2v) is 4.74. The number of aromatic nitrogens is 2. The van der Waals surface area contributed by atoms with Crippen molar-refractivity contribution in [3.8, 4) is 0 Å². The summed E-state index contributed by atoms with van der Waals surface area (Å²) >= 11 is 0. The lowest BCUT2D eigenvalue weighted by Crippen LogP contribution is -2.40. The van der Waals surface area contributed by atoms with Crippen LogP contribution in [-0.2, 0) is 4.74 Å². The van der Waals surface area contributed by atoms with Crippen LogP contribution in [0.5, 0.6) is 0 Å². The van der Waals surface area contributed by atoms with Gasteiger partial charge < -0.3 is 10.1 Å². The molecule has 0 aliphatic rings. The van der Waals surface area contributed by atoms with E-state index >= 15 is 0 Å². The van der Waals surface area contributed by atoms with Crippen molar-refractivity contribution in [3.63, 3.8) is 0 Å². The van der Waals surface area contributed by atoms with Gasteiger partial charge in [0.25, 0.3) is 5.56 Å². The van der Waals surface area contributed by atoms with Crippen molar-refractivity contribution in [2.45, 2.75) is 52.5 Å². The van der Waals surface area contributed by atoms with E-state index in [2.05, 4.69) is 10.3 Å². The van der Waals surface area contributed by atoms with Crippen LogP contribution in [0, 0.1) is 6.92 Å². The van der Waals surface area contributed by atoms with Crippen LogP contribution in [0.1, 0.15) is 39.0 Å². The van der Waals surface area contributed by atoms with Gasteiger partial charge >= 0.3 is 5.69 Å². The molecule has 0 spiro atoms. The molecule has 1 rings (SSSR count). The molecule has 6 nitrogen and oxygen atoms in total. The number of nitrogens with zero attached hydrogens (tertiary/aromatic N) is 1. The molecule has 0 bridgehead atoms. The highest BCUT2D eigenvalue weighted by atomic mass is 16.5. The molecule has 0 fully saturated rings. The average Bonchev–Trinajstić information content (AvgIpc) is 2.38. The monoisotopic (exact) mass is 269 g/mol. The standard InChI is InChI=1S/C13H23N3O3/c1-6-11(9(3)14-5)19-10(4)16-7-8(2)12(17)15-13(16)18/h7,9-11,14H,6H2,1-5H3,(H,15,17,18). The molecule has 0 amide bonds. The molecule has 0 aromatic carbocycles. The molecule has 0 aliphatic heterocycles. The molecular formula is C13H23N3O3. The molecule has 3 atom stereocenters. The SMILES string of the molecule is CCC(OC(C)n1cc(C)c(=O)[nH]c1=O)C(C)NC. The Morgan fingerprint density at radius 3 is 2.58 bits per heavy atom. The van der Waals surface area contributed by atoms with Gasteiger partial charge in [-0.1, -0.05) is 6.92 Å². The van der Waals surface area contributed by atoms with Gasteiger partial charge in [-0.3, -0.25) is 14.3 Å². The van der Waals surface area contributed by atoms with E-state index in [0.717, 1.165) is 6.42 Å². The topological polar surface area (TPSA) is 76.1 Å². The van der Waals surface area contributed by atoms with Crippen LogP contribution in [0.15, 0.2) is 15.8 Å². The highest BCUT2D eigenvalue weighted by molar-refractivity contribution is 5.01. The van der Waals surface area contributed by atoms with Crippen LogP contribution in [0.2, 0.25) is 0 Å². The molecule has 1 aromatic heterocycles. The maximum Gasteiger partial charge on any atom is 0.330 e. The lowest BCUT2D eigenvalue weighted by atomic mass is 10.1. The van der Waals surface area contributed by atoms with Gasteiger partial charge in [-0.05, 0) is 34.2 Å². The van der Waals surface area contributed by atoms with Gasteiger partial charge in [0.2, 0.25) is 0 Å². The summed E-state index contributed by atoms with van der Waals surface area (Å²) in [6.45, 7) is 7.52. The maximum atomic E-state index is 11.8. The Balaban J connectivity index is 2.95. The highest BCUT2D eigenvalue weighted by Gasteiger charge is 2.19. The molecule has 0 radical (unpaired) electrons. The summed E-state index contributed by atoms with van der Waals surface area (Å²) in [5.41, 5.74) is -0.316. The van der Waals surface area contributed by atoms with Crippen LogP contribution >= 0.6 is 0 Å². The van der Waals surface area contributed by atoms with E-state index in [4.69, 9.17) is 4.74 Å². The quantitative estimate of drug-likeness (QED) is 0.799. The Kier molecular flexibility index (Phi) is 5.50. The Bertz CT molecular complexity index is 521. The van der Waals surface area contributed by atoms with Crippen molar-refractivity contribution >= 4 is 0 Å². The Morgan fingerprint density at radius 1 is 1.42 bits per heavy atom. The molecule has 1 heterocycles. The molecule has 1 aromatic rings. The van der Waals surface area contributed by atoms with Gasteiger partial charge in [0, 0.05) is 17.8 Å². The van der Waals surface area contributed by atoms with E-state index in [0.29, 0.717) is 5.56 Å². The zero-order valence-electron chi connectivity index (χ0n) is 12.2. The van der Waals surface area contributed by atoms with E-state index in [1.807, 2.05) is 20.9 Å². The van der Waals surface area contributed by atoms with Crippen LogP contribution in [0.4, 0.5) is 0 Å². The van der Waals surface area contributed by atoms with E-state index in [1.54, 1.807) is 13.8 Å². The lowest BCUT2D eigenvalue weighted by molar-refractivity contribution is -0.0595. The third-order valence-electron chi connectivity index (χ3n) is 3.32. The van der Waals surface area contributed by atoms with Gasteiger partial charge in [-0.25, -0.2) is 4.79 Å². The normalized spacial score (nSPS) is 16.1. The predicted octanol–water partition coefficient (Wildman–Crippen LogP) is 0.767. The number of rotatable bonds is 6. The van der Waals surface area contributed by atoms with Crippen LogP contribution in [0.3, 0.4) is 0 Å². The second kappa shape index (κ2) is 6.68. The predicted molar refractivity (Wildman–Crippen MR) is 74.5 cm³/mol. The van der Waals surface area contributed by atoms with Gasteiger partial charge in [0.1, 0.15) is 6.23 Å². The number of aromatic amines is 1. The number of hydrogen-bond donors (Lipinski definition) is 2. The summed E-state index contributed by atoms with van der Waals surface area (Å²) in [4.78, 5) is 25.4. The van der Waals surface area contributed by atoms with E-state index in [1.165, 1.54) is 10.8 Å². The first-order valence-corrected chi connectivity index (χ1v) is 6.55. The fourth-order valence-corrected chi connectivity index (χ4v) is 1.93. The summed E-state index contributed by atoms with van der Waals surface area (Å²) in [6.07, 6.45) is 1.94. The van der Waals surface area contributed by atoms with E-state index in [-0.39, 0.29) is 17.7 Å². The molecule has 0 saturated carbocycles. The number of H-pyrrole nitrogens is 1. The van der Waals surface area contributed by atoms with Gasteiger partial charge in [-0.2, -0.15) is 0 Å². The third kappa shape index (κ3) is 3.78. The van der Waals surface area contributed by atoms with Crippen molar-refractivity contribution in [1.82, 2.24) is 14.9 Å². The minimum Gasteiger partial charge on any atom is -0.353 e. The molecule has 3 unspecified atom stereocenters. The van der Waals surface area contributed by atoms with Gasteiger partial charge in [0.15, 0.2) is 0 Å². The fraction of sp³-hybridized carbons (Fsp3) is 0.692. The summed E-state index contributed by atoms with van der Waals surface area (Å²) in [5, 5.41) is 3.14. The average molecular weight is 269 g/mol. The van der Waals surface area contributed by atoms with Crippen molar-refractivity contribution in [2.24, 2.45) is 0 Å². The first-order chi connectivity index (χ1) is 8.90. The van der Waals surface area contributed by atoms with Crippen LogP contribution in [-0.4, -0.2) is 28.7 Å². The van der Waals surface area contributed by atoms with Crippen molar-refractivity contribution in [3.05, 3.63) is 32.6 Å². The minimum atomic E-state index is -0.449. The molecule has 108 valence electrons. The molecular weight excluding hydrogens is 246 g/mol. The lowest BCUT2D eigenvalue weighted by Gasteiger charge is -2.27. The number of likely N-dealkylation sites (N-methyl/N-ethyl adjacent to an activating group) is 1. The summed E-state index contributed by atoms with van der Waals surface area (Å²) in [6, 6.07) is 0.187. The van der Waals surface area contributed by atoms with E-state index < -0.39 is 11.9 Å². The summed E-state index contributed by atoms with van der Waals surface area (Å²) in [7, 11) is 1.87. The van der Waals surface area contributed by atoms with Gasteiger partial charge in [0.05, 0.1) is 6.10 Å². The molecule has 2 N–H and O–H groups in total. The Morgan fingerprint density at radius 2 is 2.05 bits per heavy atom. The number of nitrogens with one attached hydrogen (secondary N) is 2. The fourth-order valence-electron chi connectivity index (χ4n) is 1.93. The Hall–Kier alpha value is -1.40. The van der Waals surface area contributed by atoms with Crippen molar-refractivity contribution in [2.75, 3.05) is 7.05 Å². The molecule has 6 heteroatoms. The largest absolute Gasteiger partial charge is 0.353 e. The molecule has 0 aliphatic carbocycles. The zero-order valence-corrected chi connectivity index (χ0v) is 12.2. The second-order valence-electron chi connectivity index (χ2n) is 4.74. The van der Waals surface area contributed by atoms with Crippen molar-refractivity contribution in [1.29, 1.82) is 0 Å². The van der Waals surface area contributed by atoms with Crippen LogP contribution in [0.25, 0.3) is 0 Å². The number of aryl methyl sites for hydroxylation is 1. The Labute approximate surface area is 112 Å². The highest BCUT2D eigenvalue weighted by Crippen LogP contribution is 2.13. The first-order valence-electron chi connectivity index (χ1n) is 6.55. The number of ether oxygens (including phenoxy) is 1. The minimum absolute atomic E-state index is 0.000802. The van der Waals surface area contributed by atoms with Gasteiger partial charge in [-0.15, -0.1) is 0 Å². The maximum absolute atomic E-state index is 11.8. The summed E-state index contributed by atoms with van der Waals surface area (Å²) in [5.74, 6) is 0. The van der Waals surface area contributed by atoms with Crippen LogP contribution < -0.4 is 16.6 Å². The van der Waals surface area contributed by atoms with E-state index in [9.17, 15) is 9.59 Å². The van der Waals surface area contributed by atoms with Crippen molar-refractivity contribution < 1.29 is 4.74 Å².